The predicted octanol–water partition coefficient (Wildman–Crippen LogP) is 3.41. The minimum Gasteiger partial charge on any atom is -0.503 e. The summed E-state index contributed by atoms with van der Waals surface area (Å²) in [6, 6.07) is 5.13. The number of aliphatic hydroxyl groups is 1. The highest BCUT2D eigenvalue weighted by atomic mass is 35.5. The Morgan fingerprint density at radius 1 is 1.33 bits per heavy atom. The zero-order valence-corrected chi connectivity index (χ0v) is 15.2. The van der Waals surface area contributed by atoms with Crippen LogP contribution in [0, 0.1) is 0 Å². The van der Waals surface area contributed by atoms with E-state index in [9.17, 15) is 14.7 Å². The SMILES string of the molecule is CCCCN1CC(C(=O)N(C)Cc2ccc(Cl)c(Cl)c2)=C(O)C1=O. The smallest absolute Gasteiger partial charge is 0.289 e. The van der Waals surface area contributed by atoms with Crippen LogP contribution in [-0.4, -0.2) is 46.9 Å². The summed E-state index contributed by atoms with van der Waals surface area (Å²) < 4.78 is 0. The number of halogens is 2. The molecule has 24 heavy (non-hydrogen) atoms. The lowest BCUT2D eigenvalue weighted by molar-refractivity contribution is -0.128. The molecule has 0 aliphatic carbocycles. The van der Waals surface area contributed by atoms with Crippen LogP contribution >= 0.6 is 23.2 Å². The molecule has 0 fully saturated rings. The number of hydrogen-bond donors (Lipinski definition) is 1. The van der Waals surface area contributed by atoms with E-state index in [1.54, 1.807) is 25.2 Å². The van der Waals surface area contributed by atoms with Gasteiger partial charge in [-0.25, -0.2) is 0 Å². The first-order chi connectivity index (χ1) is 11.3. The number of unbranched alkanes of at least 4 members (excludes halogenated alkanes) is 1. The molecule has 0 saturated carbocycles. The summed E-state index contributed by atoms with van der Waals surface area (Å²) in [5, 5.41) is 10.9. The van der Waals surface area contributed by atoms with E-state index < -0.39 is 11.7 Å². The molecule has 0 atom stereocenters. The van der Waals surface area contributed by atoms with E-state index in [0.29, 0.717) is 23.1 Å². The Bertz CT molecular complexity index is 688. The van der Waals surface area contributed by atoms with E-state index in [2.05, 4.69) is 0 Å². The van der Waals surface area contributed by atoms with Gasteiger partial charge in [-0.15, -0.1) is 0 Å². The Hall–Kier alpha value is -1.72. The lowest BCUT2D eigenvalue weighted by atomic mass is 10.2. The number of carbonyl (C=O) groups is 2. The average molecular weight is 371 g/mol. The highest BCUT2D eigenvalue weighted by Crippen LogP contribution is 2.24. The van der Waals surface area contributed by atoms with Gasteiger partial charge in [0.05, 0.1) is 22.2 Å². The topological polar surface area (TPSA) is 60.9 Å². The molecule has 1 aliphatic heterocycles. The third-order valence-corrected chi connectivity index (χ3v) is 4.65. The largest absolute Gasteiger partial charge is 0.503 e. The van der Waals surface area contributed by atoms with Gasteiger partial charge >= 0.3 is 0 Å². The molecule has 1 aromatic rings. The van der Waals surface area contributed by atoms with Gasteiger partial charge in [0.15, 0.2) is 5.76 Å². The number of likely N-dealkylation sites (N-methyl/N-ethyl adjacent to an activating group) is 1. The van der Waals surface area contributed by atoms with E-state index in [1.807, 2.05) is 6.92 Å². The number of amides is 2. The number of hydrogen-bond acceptors (Lipinski definition) is 3. The second-order valence-corrected chi connectivity index (χ2v) is 6.63. The van der Waals surface area contributed by atoms with Gasteiger partial charge in [-0.3, -0.25) is 9.59 Å². The summed E-state index contributed by atoms with van der Waals surface area (Å²) in [4.78, 5) is 27.5. The summed E-state index contributed by atoms with van der Waals surface area (Å²) in [7, 11) is 1.62. The third kappa shape index (κ3) is 4.02. The maximum absolute atomic E-state index is 12.5. The second-order valence-electron chi connectivity index (χ2n) is 5.82. The maximum atomic E-state index is 12.5. The van der Waals surface area contributed by atoms with Crippen LogP contribution in [0.2, 0.25) is 10.0 Å². The van der Waals surface area contributed by atoms with E-state index >= 15 is 0 Å². The van der Waals surface area contributed by atoms with Crippen LogP contribution in [-0.2, 0) is 16.1 Å². The zero-order chi connectivity index (χ0) is 17.9. The number of rotatable bonds is 6. The van der Waals surface area contributed by atoms with Crippen LogP contribution in [0.15, 0.2) is 29.5 Å². The van der Waals surface area contributed by atoms with Gasteiger partial charge in [0.1, 0.15) is 0 Å². The van der Waals surface area contributed by atoms with Gasteiger partial charge in [-0.1, -0.05) is 42.6 Å². The van der Waals surface area contributed by atoms with Crippen LogP contribution in [0.3, 0.4) is 0 Å². The van der Waals surface area contributed by atoms with Crippen LogP contribution in [0.1, 0.15) is 25.3 Å². The highest BCUT2D eigenvalue weighted by molar-refractivity contribution is 6.42. The lowest BCUT2D eigenvalue weighted by Crippen LogP contribution is -2.31. The highest BCUT2D eigenvalue weighted by Gasteiger charge is 2.34. The first kappa shape index (κ1) is 18.6. The van der Waals surface area contributed by atoms with Crippen molar-refractivity contribution in [3.8, 4) is 0 Å². The summed E-state index contributed by atoms with van der Waals surface area (Å²) in [5.41, 5.74) is 0.950. The molecular weight excluding hydrogens is 351 g/mol. The van der Waals surface area contributed by atoms with Crippen molar-refractivity contribution in [1.29, 1.82) is 0 Å². The van der Waals surface area contributed by atoms with Crippen LogP contribution in [0.4, 0.5) is 0 Å². The average Bonchev–Trinajstić information content (AvgIpc) is 2.83. The molecule has 0 spiro atoms. The van der Waals surface area contributed by atoms with Gasteiger partial charge in [0.2, 0.25) is 0 Å². The predicted molar refractivity (Wildman–Crippen MR) is 94.1 cm³/mol. The number of benzene rings is 1. The Morgan fingerprint density at radius 2 is 2.04 bits per heavy atom. The molecule has 1 N–H and O–H groups in total. The fraction of sp³-hybridized carbons (Fsp3) is 0.412. The molecule has 0 bridgehead atoms. The minimum atomic E-state index is -0.477. The molecule has 1 heterocycles. The molecule has 0 aromatic heterocycles. The number of aliphatic hydroxyl groups excluding tert-OH is 1. The van der Waals surface area contributed by atoms with E-state index in [-0.39, 0.29) is 18.0 Å². The fourth-order valence-corrected chi connectivity index (χ4v) is 2.85. The second kappa shape index (κ2) is 7.90. The van der Waals surface area contributed by atoms with E-state index in [0.717, 1.165) is 18.4 Å². The third-order valence-electron chi connectivity index (χ3n) is 3.91. The van der Waals surface area contributed by atoms with Crippen molar-refractivity contribution in [2.24, 2.45) is 0 Å². The molecule has 0 unspecified atom stereocenters. The first-order valence-corrected chi connectivity index (χ1v) is 8.51. The Morgan fingerprint density at radius 3 is 2.67 bits per heavy atom. The van der Waals surface area contributed by atoms with Crippen molar-refractivity contribution < 1.29 is 14.7 Å². The van der Waals surface area contributed by atoms with Gasteiger partial charge in [0, 0.05) is 20.1 Å². The maximum Gasteiger partial charge on any atom is 0.289 e. The molecule has 0 radical (unpaired) electrons. The van der Waals surface area contributed by atoms with Crippen molar-refractivity contribution in [2.45, 2.75) is 26.3 Å². The molecule has 5 nitrogen and oxygen atoms in total. The van der Waals surface area contributed by atoms with Gasteiger partial charge in [-0.2, -0.15) is 0 Å². The van der Waals surface area contributed by atoms with Crippen molar-refractivity contribution in [3.63, 3.8) is 0 Å². The molecule has 2 rings (SSSR count). The molecule has 0 saturated heterocycles. The van der Waals surface area contributed by atoms with Gasteiger partial charge in [-0.05, 0) is 24.1 Å². The Balaban J connectivity index is 2.07. The van der Waals surface area contributed by atoms with Crippen molar-refractivity contribution in [1.82, 2.24) is 9.80 Å². The standard InChI is InChI=1S/C17H20Cl2N2O3/c1-3-4-7-21-10-12(15(22)17(21)24)16(23)20(2)9-11-5-6-13(18)14(19)8-11/h5-6,8,22H,3-4,7,9-10H2,1-2H3. The van der Waals surface area contributed by atoms with Crippen LogP contribution < -0.4 is 0 Å². The monoisotopic (exact) mass is 370 g/mol. The van der Waals surface area contributed by atoms with Crippen LogP contribution in [0.5, 0.6) is 0 Å². The van der Waals surface area contributed by atoms with E-state index in [1.165, 1.54) is 9.80 Å². The molecule has 7 heteroatoms. The summed E-state index contributed by atoms with van der Waals surface area (Å²) in [6.45, 7) is 3.00. The summed E-state index contributed by atoms with van der Waals surface area (Å²) in [5.74, 6) is -1.29. The van der Waals surface area contributed by atoms with Crippen molar-refractivity contribution >= 4 is 35.0 Å². The van der Waals surface area contributed by atoms with Crippen molar-refractivity contribution in [3.05, 3.63) is 45.1 Å². The number of carbonyl (C=O) groups excluding carboxylic acids is 2. The molecule has 1 aromatic carbocycles. The minimum absolute atomic E-state index is 0.138. The normalized spacial score (nSPS) is 14.5. The summed E-state index contributed by atoms with van der Waals surface area (Å²) in [6.07, 6.45) is 1.77. The molecule has 130 valence electrons. The van der Waals surface area contributed by atoms with Crippen LogP contribution in [0.25, 0.3) is 0 Å². The van der Waals surface area contributed by atoms with Gasteiger partial charge < -0.3 is 14.9 Å². The summed E-state index contributed by atoms with van der Waals surface area (Å²) >= 11 is 11.9. The lowest BCUT2D eigenvalue weighted by Gasteiger charge is -2.19. The first-order valence-electron chi connectivity index (χ1n) is 7.76. The molecular formula is C17H20Cl2N2O3. The Labute approximate surface area is 151 Å². The molecule has 2 amide bonds. The number of nitrogens with zero attached hydrogens (tertiary/aromatic N) is 2. The zero-order valence-electron chi connectivity index (χ0n) is 13.7. The quantitative estimate of drug-likeness (QED) is 0.834. The van der Waals surface area contributed by atoms with Crippen molar-refractivity contribution in [2.75, 3.05) is 20.1 Å². The van der Waals surface area contributed by atoms with E-state index in [4.69, 9.17) is 23.2 Å². The fourth-order valence-electron chi connectivity index (χ4n) is 2.53. The van der Waals surface area contributed by atoms with Gasteiger partial charge in [0.25, 0.3) is 11.8 Å². The Kier molecular flexibility index (Phi) is 6.13. The molecule has 1 aliphatic rings.